The lowest BCUT2D eigenvalue weighted by Crippen LogP contribution is -2.49. The van der Waals surface area contributed by atoms with Gasteiger partial charge in [0.05, 0.1) is 0 Å². The maximum atomic E-state index is 12.6. The van der Waals surface area contributed by atoms with E-state index in [0.29, 0.717) is 24.0 Å². The highest BCUT2D eigenvalue weighted by Crippen LogP contribution is 2.30. The van der Waals surface area contributed by atoms with Crippen LogP contribution >= 0.6 is 0 Å². The lowest BCUT2D eigenvalue weighted by Gasteiger charge is -2.35. The van der Waals surface area contributed by atoms with Crippen molar-refractivity contribution in [3.63, 3.8) is 0 Å². The standard InChI is InChI=1S/C20H30N2O2/c1-4-14(2)18-7-5-6-8-19(18)24-13-20(23)22(3)17-11-15-9-10-16(12-17)21-15/h5-8,14-17,21H,4,9-13H2,1-3H3. The number of para-hydroxylation sites is 1. The highest BCUT2D eigenvalue weighted by Gasteiger charge is 2.36. The third kappa shape index (κ3) is 3.75. The summed E-state index contributed by atoms with van der Waals surface area (Å²) in [6.07, 6.45) is 5.71. The number of hydrogen-bond acceptors (Lipinski definition) is 3. The summed E-state index contributed by atoms with van der Waals surface area (Å²) in [6, 6.07) is 9.62. The van der Waals surface area contributed by atoms with E-state index in [-0.39, 0.29) is 12.5 Å². The predicted molar refractivity (Wildman–Crippen MR) is 96.4 cm³/mol. The molecule has 3 atom stereocenters. The summed E-state index contributed by atoms with van der Waals surface area (Å²) in [5, 5.41) is 3.63. The van der Waals surface area contributed by atoms with Gasteiger partial charge in [0.25, 0.3) is 5.91 Å². The minimum absolute atomic E-state index is 0.0836. The van der Waals surface area contributed by atoms with Gasteiger partial charge in [-0.2, -0.15) is 0 Å². The van der Waals surface area contributed by atoms with E-state index < -0.39 is 0 Å². The quantitative estimate of drug-likeness (QED) is 0.870. The lowest BCUT2D eigenvalue weighted by molar-refractivity contribution is -0.134. The van der Waals surface area contributed by atoms with Crippen molar-refractivity contribution < 1.29 is 9.53 Å². The van der Waals surface area contributed by atoms with Gasteiger partial charge in [-0.15, -0.1) is 0 Å². The largest absolute Gasteiger partial charge is 0.483 e. The Kier molecular flexibility index (Phi) is 5.44. The monoisotopic (exact) mass is 330 g/mol. The molecule has 0 radical (unpaired) electrons. The van der Waals surface area contributed by atoms with Crippen molar-refractivity contribution >= 4 is 5.91 Å². The molecule has 24 heavy (non-hydrogen) atoms. The molecule has 1 aromatic rings. The van der Waals surface area contributed by atoms with E-state index in [2.05, 4.69) is 25.2 Å². The Labute approximate surface area is 145 Å². The van der Waals surface area contributed by atoms with Crippen LogP contribution < -0.4 is 10.1 Å². The Balaban J connectivity index is 1.57. The van der Waals surface area contributed by atoms with Crippen LogP contribution in [0.25, 0.3) is 0 Å². The molecule has 2 aliphatic heterocycles. The Morgan fingerprint density at radius 3 is 2.62 bits per heavy atom. The molecular weight excluding hydrogens is 300 g/mol. The van der Waals surface area contributed by atoms with E-state index in [1.807, 2.05) is 30.1 Å². The number of carbonyl (C=O) groups is 1. The van der Waals surface area contributed by atoms with Crippen molar-refractivity contribution in [3.8, 4) is 5.75 Å². The number of piperidine rings is 1. The molecule has 132 valence electrons. The second kappa shape index (κ2) is 7.56. The van der Waals surface area contributed by atoms with E-state index in [0.717, 1.165) is 25.0 Å². The number of carbonyl (C=O) groups excluding carboxylic acids is 1. The average molecular weight is 330 g/mol. The van der Waals surface area contributed by atoms with Crippen molar-refractivity contribution in [2.45, 2.75) is 70.0 Å². The Morgan fingerprint density at radius 1 is 1.29 bits per heavy atom. The van der Waals surface area contributed by atoms with Gasteiger partial charge in [0.2, 0.25) is 0 Å². The van der Waals surface area contributed by atoms with Gasteiger partial charge in [0, 0.05) is 25.2 Å². The summed E-state index contributed by atoms with van der Waals surface area (Å²) in [6.45, 7) is 4.50. The molecule has 3 unspecified atom stereocenters. The molecular formula is C20H30N2O2. The molecule has 3 rings (SSSR count). The highest BCUT2D eigenvalue weighted by atomic mass is 16.5. The maximum Gasteiger partial charge on any atom is 0.260 e. The van der Waals surface area contributed by atoms with E-state index in [9.17, 15) is 4.79 Å². The van der Waals surface area contributed by atoms with Crippen molar-refractivity contribution in [1.82, 2.24) is 10.2 Å². The topological polar surface area (TPSA) is 41.6 Å². The summed E-state index contributed by atoms with van der Waals surface area (Å²) >= 11 is 0. The molecule has 2 fully saturated rings. The molecule has 4 heteroatoms. The molecule has 4 nitrogen and oxygen atoms in total. The number of nitrogens with one attached hydrogen (secondary N) is 1. The number of nitrogens with zero attached hydrogens (tertiary/aromatic N) is 1. The Hall–Kier alpha value is -1.55. The van der Waals surface area contributed by atoms with E-state index in [4.69, 9.17) is 4.74 Å². The first-order valence-electron chi connectivity index (χ1n) is 9.32. The van der Waals surface area contributed by atoms with Crippen LogP contribution in [0.4, 0.5) is 0 Å². The summed E-state index contributed by atoms with van der Waals surface area (Å²) < 4.78 is 5.90. The molecule has 1 N–H and O–H groups in total. The zero-order chi connectivity index (χ0) is 17.1. The van der Waals surface area contributed by atoms with Crippen LogP contribution in [-0.2, 0) is 4.79 Å². The fourth-order valence-corrected chi connectivity index (χ4v) is 4.03. The van der Waals surface area contributed by atoms with Crippen LogP contribution in [0.3, 0.4) is 0 Å². The fourth-order valence-electron chi connectivity index (χ4n) is 4.03. The molecule has 1 amide bonds. The van der Waals surface area contributed by atoms with Crippen LogP contribution in [0, 0.1) is 0 Å². The summed E-state index contributed by atoms with van der Waals surface area (Å²) in [4.78, 5) is 14.5. The maximum absolute atomic E-state index is 12.6. The highest BCUT2D eigenvalue weighted by molar-refractivity contribution is 5.78. The van der Waals surface area contributed by atoms with Crippen molar-refractivity contribution in [3.05, 3.63) is 29.8 Å². The van der Waals surface area contributed by atoms with Gasteiger partial charge >= 0.3 is 0 Å². The number of likely N-dealkylation sites (N-methyl/N-ethyl adjacent to an activating group) is 1. The van der Waals surface area contributed by atoms with Gasteiger partial charge in [-0.05, 0) is 49.7 Å². The third-order valence-electron chi connectivity index (χ3n) is 5.80. The number of benzene rings is 1. The van der Waals surface area contributed by atoms with Crippen LogP contribution in [0.1, 0.15) is 57.4 Å². The number of amides is 1. The smallest absolute Gasteiger partial charge is 0.260 e. The molecule has 0 aromatic heterocycles. The first kappa shape index (κ1) is 17.3. The van der Waals surface area contributed by atoms with Gasteiger partial charge in [-0.25, -0.2) is 0 Å². The van der Waals surface area contributed by atoms with E-state index >= 15 is 0 Å². The summed E-state index contributed by atoms with van der Waals surface area (Å²) in [5.41, 5.74) is 1.19. The molecule has 2 heterocycles. The van der Waals surface area contributed by atoms with Crippen LogP contribution in [-0.4, -0.2) is 42.6 Å². The molecule has 0 saturated carbocycles. The summed E-state index contributed by atoms with van der Waals surface area (Å²) in [7, 11) is 1.93. The van der Waals surface area contributed by atoms with E-state index in [1.54, 1.807) is 0 Å². The molecule has 0 spiro atoms. The molecule has 0 aliphatic carbocycles. The second-order valence-electron chi connectivity index (χ2n) is 7.40. The molecule has 2 aliphatic rings. The Bertz CT molecular complexity index is 563. The van der Waals surface area contributed by atoms with Gasteiger partial charge in [-0.1, -0.05) is 32.0 Å². The molecule has 1 aromatic carbocycles. The van der Waals surface area contributed by atoms with Crippen LogP contribution in [0.2, 0.25) is 0 Å². The minimum atomic E-state index is 0.0836. The fraction of sp³-hybridized carbons (Fsp3) is 0.650. The normalized spacial score (nSPS) is 26.9. The molecule has 2 saturated heterocycles. The molecule has 2 bridgehead atoms. The van der Waals surface area contributed by atoms with Crippen LogP contribution in [0.15, 0.2) is 24.3 Å². The van der Waals surface area contributed by atoms with Gasteiger partial charge < -0.3 is 15.0 Å². The van der Waals surface area contributed by atoms with Crippen molar-refractivity contribution in [2.24, 2.45) is 0 Å². The lowest BCUT2D eigenvalue weighted by atomic mass is 9.98. The van der Waals surface area contributed by atoms with Crippen LogP contribution in [0.5, 0.6) is 5.75 Å². The first-order valence-corrected chi connectivity index (χ1v) is 9.32. The van der Waals surface area contributed by atoms with Crippen molar-refractivity contribution in [2.75, 3.05) is 13.7 Å². The third-order valence-corrected chi connectivity index (χ3v) is 5.80. The number of fused-ring (bicyclic) bond motifs is 2. The zero-order valence-electron chi connectivity index (χ0n) is 15.1. The van der Waals surface area contributed by atoms with Crippen molar-refractivity contribution in [1.29, 1.82) is 0 Å². The number of rotatable bonds is 6. The zero-order valence-corrected chi connectivity index (χ0v) is 15.1. The van der Waals surface area contributed by atoms with Gasteiger partial charge in [-0.3, -0.25) is 4.79 Å². The number of ether oxygens (including phenoxy) is 1. The number of hydrogen-bond donors (Lipinski definition) is 1. The Morgan fingerprint density at radius 2 is 1.96 bits per heavy atom. The average Bonchev–Trinajstić information content (AvgIpc) is 2.96. The second-order valence-corrected chi connectivity index (χ2v) is 7.40. The minimum Gasteiger partial charge on any atom is -0.483 e. The SMILES string of the molecule is CCC(C)c1ccccc1OCC(=O)N(C)C1CC2CCC(C1)N2. The van der Waals surface area contributed by atoms with Gasteiger partial charge in [0.15, 0.2) is 6.61 Å². The predicted octanol–water partition coefficient (Wildman–Crippen LogP) is 3.32. The van der Waals surface area contributed by atoms with Gasteiger partial charge in [0.1, 0.15) is 5.75 Å². The van der Waals surface area contributed by atoms with E-state index in [1.165, 1.54) is 18.4 Å². The summed E-state index contributed by atoms with van der Waals surface area (Å²) in [5.74, 6) is 1.37. The first-order chi connectivity index (χ1) is 11.6.